The normalized spacial score (nSPS) is 10.9. The van der Waals surface area contributed by atoms with E-state index in [1.165, 1.54) is 16.7 Å². The molecule has 2 aromatic rings. The molecule has 0 aromatic heterocycles. The van der Waals surface area contributed by atoms with E-state index in [4.69, 9.17) is 4.74 Å². The SMILES string of the molecule is COCc1ccccc1-c1ccccc1/C=N/N(C)C. The first-order valence-electron chi connectivity index (χ1n) is 6.60. The summed E-state index contributed by atoms with van der Waals surface area (Å²) in [6.45, 7) is 0.606. The van der Waals surface area contributed by atoms with Crippen molar-refractivity contribution in [3.8, 4) is 11.1 Å². The van der Waals surface area contributed by atoms with Gasteiger partial charge in [-0.2, -0.15) is 5.10 Å². The molecule has 0 saturated carbocycles. The Hall–Kier alpha value is -2.13. The van der Waals surface area contributed by atoms with E-state index in [9.17, 15) is 0 Å². The number of benzene rings is 2. The molecule has 0 heterocycles. The Labute approximate surface area is 120 Å². The number of methoxy groups -OCH3 is 1. The first kappa shape index (κ1) is 14.3. The standard InChI is InChI=1S/C17H20N2O/c1-19(2)18-12-14-8-4-6-10-16(14)17-11-7-5-9-15(17)13-20-3/h4-12H,13H2,1-3H3/b18-12+. The van der Waals surface area contributed by atoms with Crippen molar-refractivity contribution in [2.75, 3.05) is 21.2 Å². The first-order chi connectivity index (χ1) is 9.72. The zero-order valence-corrected chi connectivity index (χ0v) is 12.2. The summed E-state index contributed by atoms with van der Waals surface area (Å²) in [6.07, 6.45) is 1.89. The lowest BCUT2D eigenvalue weighted by atomic mass is 9.96. The van der Waals surface area contributed by atoms with Gasteiger partial charge in [0.1, 0.15) is 0 Å². The first-order valence-corrected chi connectivity index (χ1v) is 6.60. The van der Waals surface area contributed by atoms with Crippen LogP contribution in [0.1, 0.15) is 11.1 Å². The minimum atomic E-state index is 0.606. The fourth-order valence-corrected chi connectivity index (χ4v) is 2.10. The Balaban J connectivity index is 2.47. The molecule has 0 atom stereocenters. The molecule has 0 aliphatic heterocycles. The quantitative estimate of drug-likeness (QED) is 0.613. The Kier molecular flexibility index (Phi) is 4.91. The monoisotopic (exact) mass is 268 g/mol. The Morgan fingerprint density at radius 2 is 1.65 bits per heavy atom. The van der Waals surface area contributed by atoms with E-state index < -0.39 is 0 Å². The van der Waals surface area contributed by atoms with Crippen LogP contribution < -0.4 is 0 Å². The Morgan fingerprint density at radius 1 is 1.00 bits per heavy atom. The molecule has 20 heavy (non-hydrogen) atoms. The summed E-state index contributed by atoms with van der Waals surface area (Å²) in [4.78, 5) is 0. The van der Waals surface area contributed by atoms with Gasteiger partial charge in [0.15, 0.2) is 0 Å². The third-order valence-electron chi connectivity index (χ3n) is 3.00. The van der Waals surface area contributed by atoms with Gasteiger partial charge in [-0.05, 0) is 16.7 Å². The molecule has 104 valence electrons. The van der Waals surface area contributed by atoms with E-state index >= 15 is 0 Å². The van der Waals surface area contributed by atoms with Gasteiger partial charge in [-0.25, -0.2) is 0 Å². The lowest BCUT2D eigenvalue weighted by Gasteiger charge is -2.12. The van der Waals surface area contributed by atoms with E-state index in [2.05, 4.69) is 29.4 Å². The highest BCUT2D eigenvalue weighted by atomic mass is 16.5. The summed E-state index contributed by atoms with van der Waals surface area (Å²) in [5.41, 5.74) is 4.64. The van der Waals surface area contributed by atoms with Crippen LogP contribution in [0.15, 0.2) is 53.6 Å². The highest BCUT2D eigenvalue weighted by Crippen LogP contribution is 2.26. The van der Waals surface area contributed by atoms with Gasteiger partial charge < -0.3 is 9.75 Å². The highest BCUT2D eigenvalue weighted by Gasteiger charge is 2.07. The maximum Gasteiger partial charge on any atom is 0.0719 e. The van der Waals surface area contributed by atoms with Crippen LogP contribution in [-0.4, -0.2) is 32.4 Å². The molecule has 0 amide bonds. The van der Waals surface area contributed by atoms with Gasteiger partial charge in [-0.3, -0.25) is 0 Å². The predicted octanol–water partition coefficient (Wildman–Crippen LogP) is 3.40. The molecular weight excluding hydrogens is 248 g/mol. The van der Waals surface area contributed by atoms with E-state index in [1.54, 1.807) is 12.1 Å². The average Bonchev–Trinajstić information content (AvgIpc) is 2.46. The van der Waals surface area contributed by atoms with Crippen molar-refractivity contribution in [1.82, 2.24) is 5.01 Å². The molecule has 0 unspecified atom stereocenters. The zero-order valence-electron chi connectivity index (χ0n) is 12.2. The molecule has 0 N–H and O–H groups in total. The number of ether oxygens (including phenoxy) is 1. The van der Waals surface area contributed by atoms with E-state index in [1.807, 2.05) is 44.6 Å². The Bertz CT molecular complexity index is 591. The number of hydrogen-bond donors (Lipinski definition) is 0. The Morgan fingerprint density at radius 3 is 2.35 bits per heavy atom. The lowest BCUT2D eigenvalue weighted by Crippen LogP contribution is -2.02. The third-order valence-corrected chi connectivity index (χ3v) is 3.00. The van der Waals surface area contributed by atoms with E-state index in [-0.39, 0.29) is 0 Å². The van der Waals surface area contributed by atoms with Gasteiger partial charge in [0, 0.05) is 26.8 Å². The molecule has 0 spiro atoms. The van der Waals surface area contributed by atoms with Crippen LogP contribution in [0.5, 0.6) is 0 Å². The van der Waals surface area contributed by atoms with Gasteiger partial charge in [0.25, 0.3) is 0 Å². The molecule has 3 nitrogen and oxygen atoms in total. The minimum Gasteiger partial charge on any atom is -0.380 e. The molecule has 0 bridgehead atoms. The summed E-state index contributed by atoms with van der Waals surface area (Å²) < 4.78 is 5.29. The average molecular weight is 268 g/mol. The molecule has 0 fully saturated rings. The van der Waals surface area contributed by atoms with Crippen molar-refractivity contribution in [2.24, 2.45) is 5.10 Å². The van der Waals surface area contributed by atoms with Crippen molar-refractivity contribution in [1.29, 1.82) is 0 Å². The maximum absolute atomic E-state index is 5.29. The molecule has 0 saturated heterocycles. The smallest absolute Gasteiger partial charge is 0.0719 e. The number of hydrogen-bond acceptors (Lipinski definition) is 3. The fourth-order valence-electron chi connectivity index (χ4n) is 2.10. The summed E-state index contributed by atoms with van der Waals surface area (Å²) in [5, 5.41) is 6.12. The van der Waals surface area contributed by atoms with Crippen molar-refractivity contribution >= 4 is 6.21 Å². The maximum atomic E-state index is 5.29. The number of nitrogens with zero attached hydrogens (tertiary/aromatic N) is 2. The zero-order chi connectivity index (χ0) is 14.4. The van der Waals surface area contributed by atoms with Crippen LogP contribution in [0.4, 0.5) is 0 Å². The van der Waals surface area contributed by atoms with Gasteiger partial charge in [0.2, 0.25) is 0 Å². The largest absolute Gasteiger partial charge is 0.380 e. The summed E-state index contributed by atoms with van der Waals surface area (Å²) in [5.74, 6) is 0. The summed E-state index contributed by atoms with van der Waals surface area (Å²) in [6, 6.07) is 16.6. The molecule has 2 aromatic carbocycles. The van der Waals surface area contributed by atoms with Gasteiger partial charge in [-0.1, -0.05) is 48.5 Å². The molecule has 0 radical (unpaired) electrons. The predicted molar refractivity (Wildman–Crippen MR) is 83.9 cm³/mol. The van der Waals surface area contributed by atoms with Crippen molar-refractivity contribution in [2.45, 2.75) is 6.61 Å². The van der Waals surface area contributed by atoms with Crippen LogP contribution in [0.25, 0.3) is 11.1 Å². The van der Waals surface area contributed by atoms with Crippen LogP contribution in [0, 0.1) is 0 Å². The third kappa shape index (κ3) is 3.45. The summed E-state index contributed by atoms with van der Waals surface area (Å²) >= 11 is 0. The summed E-state index contributed by atoms with van der Waals surface area (Å²) in [7, 11) is 5.55. The molecule has 3 heteroatoms. The van der Waals surface area contributed by atoms with Crippen LogP contribution >= 0.6 is 0 Å². The van der Waals surface area contributed by atoms with E-state index in [0.29, 0.717) is 6.61 Å². The van der Waals surface area contributed by atoms with E-state index in [0.717, 1.165) is 5.56 Å². The van der Waals surface area contributed by atoms with Crippen molar-refractivity contribution in [3.05, 3.63) is 59.7 Å². The molecule has 0 aliphatic rings. The molecule has 2 rings (SSSR count). The topological polar surface area (TPSA) is 24.8 Å². The van der Waals surface area contributed by atoms with Gasteiger partial charge in [-0.15, -0.1) is 0 Å². The van der Waals surface area contributed by atoms with Crippen LogP contribution in [0.3, 0.4) is 0 Å². The number of rotatable bonds is 5. The molecule has 0 aliphatic carbocycles. The van der Waals surface area contributed by atoms with Crippen molar-refractivity contribution in [3.63, 3.8) is 0 Å². The van der Waals surface area contributed by atoms with Crippen LogP contribution in [-0.2, 0) is 11.3 Å². The second-order valence-corrected chi connectivity index (χ2v) is 4.77. The highest BCUT2D eigenvalue weighted by molar-refractivity contribution is 5.90. The fraction of sp³-hybridized carbons (Fsp3) is 0.235. The van der Waals surface area contributed by atoms with Gasteiger partial charge in [0.05, 0.1) is 12.8 Å². The van der Waals surface area contributed by atoms with Crippen molar-refractivity contribution < 1.29 is 4.74 Å². The van der Waals surface area contributed by atoms with Crippen LogP contribution in [0.2, 0.25) is 0 Å². The molecular formula is C17H20N2O. The van der Waals surface area contributed by atoms with Gasteiger partial charge >= 0.3 is 0 Å². The second kappa shape index (κ2) is 6.87. The second-order valence-electron chi connectivity index (χ2n) is 4.77. The number of hydrazone groups is 1. The minimum absolute atomic E-state index is 0.606. The lowest BCUT2D eigenvalue weighted by molar-refractivity contribution is 0.185.